The second-order valence-corrected chi connectivity index (χ2v) is 17.0. The number of unbranched alkanes of at least 4 members (excludes halogenated alkanes) is 18. The van der Waals surface area contributed by atoms with Gasteiger partial charge in [0.2, 0.25) is 0 Å². The zero-order chi connectivity index (χ0) is 44.2. The van der Waals surface area contributed by atoms with Crippen LogP contribution in [0.5, 0.6) is 0 Å². The number of ether oxygens (including phenoxy) is 3. The minimum absolute atomic E-state index is 0.0330. The van der Waals surface area contributed by atoms with Gasteiger partial charge in [-0.15, -0.1) is 0 Å². The second-order valence-electron chi connectivity index (χ2n) is 17.0. The highest BCUT2D eigenvalue weighted by atomic mass is 16.6. The zero-order valence-corrected chi connectivity index (χ0v) is 39.1. The number of carboxylic acid groups (broad SMARTS) is 1. The molecule has 0 rings (SSSR count). The van der Waals surface area contributed by atoms with E-state index in [1.807, 2.05) is 0 Å². The van der Waals surface area contributed by atoms with E-state index in [2.05, 4.69) is 86.8 Å². The predicted molar refractivity (Wildman–Crippen MR) is 249 cm³/mol. The van der Waals surface area contributed by atoms with E-state index in [1.54, 1.807) is 21.1 Å². The average molecular weight is 840 g/mol. The van der Waals surface area contributed by atoms with Crippen LogP contribution in [0, 0.1) is 0 Å². The van der Waals surface area contributed by atoms with Gasteiger partial charge in [-0.2, -0.15) is 0 Å². The maximum absolute atomic E-state index is 12.8. The molecular weight excluding hydrogens is 751 g/mol. The fraction of sp³-hybridized carbons (Fsp3) is 0.712. The number of quaternary nitrogens is 1. The van der Waals surface area contributed by atoms with Crippen molar-refractivity contribution >= 4 is 17.9 Å². The van der Waals surface area contributed by atoms with Gasteiger partial charge in [-0.25, -0.2) is 0 Å². The summed E-state index contributed by atoms with van der Waals surface area (Å²) in [7, 11) is 5.40. The number of esters is 2. The van der Waals surface area contributed by atoms with Gasteiger partial charge in [-0.1, -0.05) is 177 Å². The minimum atomic E-state index is -1.13. The summed E-state index contributed by atoms with van der Waals surface area (Å²) in [6.07, 6.45) is 53.5. The molecule has 0 aliphatic heterocycles. The van der Waals surface area contributed by atoms with Crippen LogP contribution in [0.4, 0.5) is 0 Å². The number of carboxylic acids is 1. The molecule has 0 saturated carbocycles. The van der Waals surface area contributed by atoms with Crippen molar-refractivity contribution in [1.82, 2.24) is 0 Å². The maximum Gasteiger partial charge on any atom is 0.306 e. The summed E-state index contributed by atoms with van der Waals surface area (Å²) < 4.78 is 17.2. The third-order valence-electron chi connectivity index (χ3n) is 10.4. The van der Waals surface area contributed by atoms with Crippen LogP contribution < -0.4 is 5.11 Å². The van der Waals surface area contributed by atoms with Gasteiger partial charge in [0.1, 0.15) is 12.6 Å². The summed E-state index contributed by atoms with van der Waals surface area (Å²) >= 11 is 0. The van der Waals surface area contributed by atoms with Crippen LogP contribution >= 0.6 is 0 Å². The molecule has 0 radical (unpaired) electrons. The predicted octanol–water partition coefficient (Wildman–Crippen LogP) is 12.2. The third kappa shape index (κ3) is 40.2. The summed E-state index contributed by atoms with van der Waals surface area (Å²) in [6, 6.07) is -0.731. The number of likely N-dealkylation sites (N-methyl/N-ethyl adjacent to an activating group) is 1. The number of hydrogen-bond acceptors (Lipinski definition) is 7. The zero-order valence-electron chi connectivity index (χ0n) is 39.1. The Kier molecular flexibility index (Phi) is 40.2. The summed E-state index contributed by atoms with van der Waals surface area (Å²) in [5.41, 5.74) is 0. The molecule has 0 bridgehead atoms. The number of allylic oxidation sites excluding steroid dienone is 12. The van der Waals surface area contributed by atoms with Gasteiger partial charge in [0.25, 0.3) is 0 Å². The molecule has 0 heterocycles. The lowest BCUT2D eigenvalue weighted by Gasteiger charge is -2.34. The first kappa shape index (κ1) is 56.8. The molecule has 0 fully saturated rings. The van der Waals surface area contributed by atoms with Crippen molar-refractivity contribution in [3.05, 3.63) is 72.9 Å². The van der Waals surface area contributed by atoms with Crippen molar-refractivity contribution in [3.63, 3.8) is 0 Å². The molecule has 0 aromatic carbocycles. The molecule has 8 nitrogen and oxygen atoms in total. The monoisotopic (exact) mass is 840 g/mol. The largest absolute Gasteiger partial charge is 0.544 e. The quantitative estimate of drug-likeness (QED) is 0.0198. The third-order valence-corrected chi connectivity index (χ3v) is 10.4. The number of rotatable bonds is 42. The minimum Gasteiger partial charge on any atom is -0.544 e. The van der Waals surface area contributed by atoms with Crippen LogP contribution in [0.25, 0.3) is 0 Å². The molecule has 0 aliphatic rings. The highest BCUT2D eigenvalue weighted by Gasteiger charge is 2.25. The molecule has 0 amide bonds. The van der Waals surface area contributed by atoms with E-state index >= 15 is 0 Å². The summed E-state index contributed by atoms with van der Waals surface area (Å²) in [5.74, 6) is -1.76. The molecule has 0 aromatic rings. The van der Waals surface area contributed by atoms with E-state index in [0.29, 0.717) is 12.8 Å². The first-order valence-corrected chi connectivity index (χ1v) is 24.0. The van der Waals surface area contributed by atoms with E-state index in [0.717, 1.165) is 70.6 Å². The Morgan fingerprint density at radius 1 is 0.517 bits per heavy atom. The Labute approximate surface area is 368 Å². The van der Waals surface area contributed by atoms with E-state index in [4.69, 9.17) is 14.2 Å². The SMILES string of the molecule is CC/C=C/C=C/C=C/CCCCCCCCCC(=O)OCC(COCCC(C(=O)[O-])[N+](C)(C)C)OC(=O)CCCCCCCCCCCCC/C=C/C/C=C/C/C=C/CC. The smallest absolute Gasteiger partial charge is 0.306 e. The topological polar surface area (TPSA) is 102 Å². The van der Waals surface area contributed by atoms with Crippen molar-refractivity contribution in [2.45, 2.75) is 199 Å². The lowest BCUT2D eigenvalue weighted by Crippen LogP contribution is -2.55. The van der Waals surface area contributed by atoms with E-state index in [1.165, 1.54) is 83.5 Å². The van der Waals surface area contributed by atoms with Gasteiger partial charge < -0.3 is 28.6 Å². The molecule has 2 unspecified atom stereocenters. The number of carbonyl (C=O) groups excluding carboxylic acids is 3. The van der Waals surface area contributed by atoms with Crippen molar-refractivity contribution in [2.24, 2.45) is 0 Å². The Balaban J connectivity index is 4.28. The number of nitrogens with zero attached hydrogens (tertiary/aromatic N) is 1. The molecule has 8 heteroatoms. The van der Waals surface area contributed by atoms with Crippen molar-refractivity contribution in [2.75, 3.05) is 41.0 Å². The number of carbonyl (C=O) groups is 3. The van der Waals surface area contributed by atoms with Gasteiger partial charge in [-0.3, -0.25) is 9.59 Å². The van der Waals surface area contributed by atoms with Crippen LogP contribution in [0.15, 0.2) is 72.9 Å². The molecule has 0 N–H and O–H groups in total. The fourth-order valence-electron chi connectivity index (χ4n) is 6.73. The molecule has 0 saturated heterocycles. The normalized spacial score (nSPS) is 13.6. The molecule has 0 aliphatic carbocycles. The summed E-state index contributed by atoms with van der Waals surface area (Å²) in [5, 5.41) is 11.6. The standard InChI is InChI=1S/C52H89NO7/c1-6-8-10-12-14-16-18-20-22-23-24-25-26-27-29-31-33-35-37-39-41-43-51(55)60-48(46-58-45-44-49(52(56)57)53(3,4)5)47-59-50(54)42-40-38-36-34-32-30-28-21-19-17-15-13-11-9-7-2/h8-11,13-17,19-20,22,48-49H,6-7,12,18,21,23-47H2,1-5H3/b10-8+,11-9+,15-13+,16-14+,19-17+,22-20+. The first-order chi connectivity index (χ1) is 29.1. The number of hydrogen-bond donors (Lipinski definition) is 0. The maximum atomic E-state index is 12.8. The molecule has 2 atom stereocenters. The van der Waals surface area contributed by atoms with Crippen LogP contribution in [0.2, 0.25) is 0 Å². The molecule has 344 valence electrons. The van der Waals surface area contributed by atoms with Gasteiger partial charge in [-0.05, 0) is 64.2 Å². The molecule has 60 heavy (non-hydrogen) atoms. The van der Waals surface area contributed by atoms with Gasteiger partial charge in [0, 0.05) is 19.3 Å². The average Bonchev–Trinajstić information content (AvgIpc) is 3.21. The summed E-state index contributed by atoms with van der Waals surface area (Å²) in [6.45, 7) is 4.41. The van der Waals surface area contributed by atoms with Crippen LogP contribution in [-0.2, 0) is 28.6 Å². The van der Waals surface area contributed by atoms with Crippen molar-refractivity contribution < 1.29 is 38.2 Å². The molecule has 0 spiro atoms. The summed E-state index contributed by atoms with van der Waals surface area (Å²) in [4.78, 5) is 37.0. The Morgan fingerprint density at radius 3 is 1.48 bits per heavy atom. The second kappa shape index (κ2) is 42.5. The Bertz CT molecular complexity index is 1210. The highest BCUT2D eigenvalue weighted by molar-refractivity contribution is 5.70. The highest BCUT2D eigenvalue weighted by Crippen LogP contribution is 2.15. The van der Waals surface area contributed by atoms with E-state index in [9.17, 15) is 19.5 Å². The molecular formula is C52H89NO7. The lowest BCUT2D eigenvalue weighted by molar-refractivity contribution is -0.889. The lowest BCUT2D eigenvalue weighted by atomic mass is 10.0. The fourth-order valence-corrected chi connectivity index (χ4v) is 6.73. The van der Waals surface area contributed by atoms with E-state index in [-0.39, 0.29) is 42.7 Å². The number of aliphatic carboxylic acids is 1. The van der Waals surface area contributed by atoms with Crippen LogP contribution in [0.1, 0.15) is 187 Å². The van der Waals surface area contributed by atoms with Crippen LogP contribution in [-0.4, -0.2) is 75.5 Å². The van der Waals surface area contributed by atoms with E-state index < -0.39 is 18.1 Å². The first-order valence-electron chi connectivity index (χ1n) is 24.0. The van der Waals surface area contributed by atoms with Crippen molar-refractivity contribution in [1.29, 1.82) is 0 Å². The Hall–Kier alpha value is -3.23. The van der Waals surface area contributed by atoms with Crippen molar-refractivity contribution in [3.8, 4) is 0 Å². The van der Waals surface area contributed by atoms with Crippen LogP contribution in [0.3, 0.4) is 0 Å². The van der Waals surface area contributed by atoms with Gasteiger partial charge in [0.05, 0.1) is 40.3 Å². The van der Waals surface area contributed by atoms with Gasteiger partial charge >= 0.3 is 11.9 Å². The van der Waals surface area contributed by atoms with Gasteiger partial charge in [0.15, 0.2) is 6.10 Å². The molecule has 0 aromatic heterocycles. The Morgan fingerprint density at radius 2 is 0.967 bits per heavy atom.